The molecule has 1 heterocycles. The normalized spacial score (nSPS) is 13.0. The summed E-state index contributed by atoms with van der Waals surface area (Å²) in [5, 5.41) is 3.88. The number of anilines is 2. The highest BCUT2D eigenvalue weighted by Crippen LogP contribution is 2.32. The maximum Gasteiger partial charge on any atom is 0.434 e. The number of nitrogens with one attached hydrogen (secondary N) is 1. The number of amides is 1. The summed E-state index contributed by atoms with van der Waals surface area (Å²) >= 11 is 0.870. The molecule has 3 N–H and O–H groups in total. The molecule has 0 saturated carbocycles. The summed E-state index contributed by atoms with van der Waals surface area (Å²) in [5.41, 5.74) is 5.60. The summed E-state index contributed by atoms with van der Waals surface area (Å²) in [7, 11) is 0. The first-order chi connectivity index (χ1) is 9.77. The van der Waals surface area contributed by atoms with Crippen LogP contribution in [0.2, 0.25) is 0 Å². The summed E-state index contributed by atoms with van der Waals surface area (Å²) < 4.78 is 37.3. The molecule has 2 aromatic rings. The van der Waals surface area contributed by atoms with Crippen molar-refractivity contribution in [3.05, 3.63) is 40.9 Å². The molecule has 1 atom stereocenters. The van der Waals surface area contributed by atoms with E-state index in [0.29, 0.717) is 5.69 Å². The maximum atomic E-state index is 12.4. The second kappa shape index (κ2) is 5.72. The van der Waals surface area contributed by atoms with Gasteiger partial charge in [0, 0.05) is 11.1 Å². The molecule has 1 aromatic carbocycles. The molecule has 1 aromatic heterocycles. The van der Waals surface area contributed by atoms with Crippen LogP contribution in [0.3, 0.4) is 0 Å². The van der Waals surface area contributed by atoms with Crippen molar-refractivity contribution in [2.45, 2.75) is 19.0 Å². The SMILES string of the molecule is CC(C(N)=O)c1ccc(Nc2nc(C(F)(F)F)cs2)cc1. The minimum Gasteiger partial charge on any atom is -0.369 e. The Morgan fingerprint density at radius 1 is 1.33 bits per heavy atom. The molecule has 0 radical (unpaired) electrons. The van der Waals surface area contributed by atoms with E-state index < -0.39 is 23.7 Å². The smallest absolute Gasteiger partial charge is 0.369 e. The van der Waals surface area contributed by atoms with Gasteiger partial charge in [-0.1, -0.05) is 12.1 Å². The number of halogens is 3. The third-order valence-electron chi connectivity index (χ3n) is 2.88. The molecule has 2 rings (SSSR count). The number of hydrogen-bond acceptors (Lipinski definition) is 4. The fourth-order valence-electron chi connectivity index (χ4n) is 1.60. The first-order valence-electron chi connectivity index (χ1n) is 5.96. The van der Waals surface area contributed by atoms with Gasteiger partial charge in [0.1, 0.15) is 0 Å². The van der Waals surface area contributed by atoms with E-state index in [4.69, 9.17) is 5.73 Å². The van der Waals surface area contributed by atoms with Crippen LogP contribution in [0.5, 0.6) is 0 Å². The van der Waals surface area contributed by atoms with Crippen molar-refractivity contribution in [3.8, 4) is 0 Å². The van der Waals surface area contributed by atoms with Crippen molar-refractivity contribution in [2.75, 3.05) is 5.32 Å². The number of carbonyl (C=O) groups excluding carboxylic acids is 1. The van der Waals surface area contributed by atoms with Crippen molar-refractivity contribution in [3.63, 3.8) is 0 Å². The number of primary amides is 1. The lowest BCUT2D eigenvalue weighted by atomic mass is 10.0. The van der Waals surface area contributed by atoms with Gasteiger partial charge < -0.3 is 11.1 Å². The lowest BCUT2D eigenvalue weighted by Crippen LogP contribution is -2.18. The van der Waals surface area contributed by atoms with Gasteiger partial charge >= 0.3 is 6.18 Å². The predicted octanol–water partition coefficient (Wildman–Crippen LogP) is 3.49. The number of aromatic nitrogens is 1. The van der Waals surface area contributed by atoms with Gasteiger partial charge in [0.2, 0.25) is 5.91 Å². The van der Waals surface area contributed by atoms with Gasteiger partial charge in [0.25, 0.3) is 0 Å². The van der Waals surface area contributed by atoms with E-state index in [2.05, 4.69) is 10.3 Å². The third kappa shape index (κ3) is 3.72. The molecule has 0 aliphatic heterocycles. The quantitative estimate of drug-likeness (QED) is 0.907. The van der Waals surface area contributed by atoms with Crippen LogP contribution in [-0.2, 0) is 11.0 Å². The molecular formula is C13H12F3N3OS. The Bertz CT molecular complexity index is 637. The van der Waals surface area contributed by atoms with Crippen molar-refractivity contribution >= 4 is 28.1 Å². The van der Waals surface area contributed by atoms with Crippen LogP contribution in [-0.4, -0.2) is 10.9 Å². The molecular weight excluding hydrogens is 303 g/mol. The van der Waals surface area contributed by atoms with Gasteiger partial charge in [-0.25, -0.2) is 4.98 Å². The number of nitrogens with two attached hydrogens (primary N) is 1. The number of nitrogens with zero attached hydrogens (tertiary/aromatic N) is 1. The Balaban J connectivity index is 2.10. The standard InChI is InChI=1S/C13H12F3N3OS/c1-7(11(17)20)8-2-4-9(5-3-8)18-12-19-10(6-21-12)13(14,15)16/h2-7H,1H3,(H2,17,20)(H,18,19). The third-order valence-corrected chi connectivity index (χ3v) is 3.64. The largest absolute Gasteiger partial charge is 0.434 e. The summed E-state index contributed by atoms with van der Waals surface area (Å²) in [6, 6.07) is 6.69. The van der Waals surface area contributed by atoms with Crippen LogP contribution in [0.15, 0.2) is 29.6 Å². The summed E-state index contributed by atoms with van der Waals surface area (Å²) in [6.45, 7) is 1.68. The van der Waals surface area contributed by atoms with Crippen LogP contribution < -0.4 is 11.1 Å². The lowest BCUT2D eigenvalue weighted by Gasteiger charge is -2.09. The van der Waals surface area contributed by atoms with Crippen LogP contribution >= 0.6 is 11.3 Å². The van der Waals surface area contributed by atoms with Crippen molar-refractivity contribution in [2.24, 2.45) is 5.73 Å². The molecule has 0 spiro atoms. The second-order valence-electron chi connectivity index (χ2n) is 4.41. The highest BCUT2D eigenvalue weighted by atomic mass is 32.1. The van der Waals surface area contributed by atoms with Gasteiger partial charge in [-0.2, -0.15) is 13.2 Å². The Kier molecular flexibility index (Phi) is 4.17. The fraction of sp³-hybridized carbons (Fsp3) is 0.231. The maximum absolute atomic E-state index is 12.4. The molecule has 1 amide bonds. The van der Waals surface area contributed by atoms with Gasteiger partial charge in [-0.05, 0) is 24.6 Å². The number of rotatable bonds is 4. The predicted molar refractivity (Wildman–Crippen MR) is 74.5 cm³/mol. The number of hydrogen-bond donors (Lipinski definition) is 2. The van der Waals surface area contributed by atoms with E-state index in [-0.39, 0.29) is 5.13 Å². The molecule has 8 heteroatoms. The molecule has 0 fully saturated rings. The minimum absolute atomic E-state index is 0.151. The number of thiazole rings is 1. The van der Waals surface area contributed by atoms with E-state index in [1.165, 1.54) is 0 Å². The Morgan fingerprint density at radius 2 is 1.95 bits per heavy atom. The zero-order valence-corrected chi connectivity index (χ0v) is 11.8. The molecule has 112 valence electrons. The van der Waals surface area contributed by atoms with Gasteiger partial charge in [-0.3, -0.25) is 4.79 Å². The van der Waals surface area contributed by atoms with Gasteiger partial charge in [0.05, 0.1) is 5.92 Å². The first-order valence-corrected chi connectivity index (χ1v) is 6.84. The highest BCUT2D eigenvalue weighted by Gasteiger charge is 2.33. The van der Waals surface area contributed by atoms with Crippen LogP contribution in [0.1, 0.15) is 24.1 Å². The van der Waals surface area contributed by atoms with E-state index in [9.17, 15) is 18.0 Å². The minimum atomic E-state index is -4.45. The van der Waals surface area contributed by atoms with E-state index in [1.54, 1.807) is 31.2 Å². The number of benzene rings is 1. The molecule has 21 heavy (non-hydrogen) atoms. The molecule has 1 unspecified atom stereocenters. The summed E-state index contributed by atoms with van der Waals surface area (Å²) in [4.78, 5) is 14.5. The topological polar surface area (TPSA) is 68.0 Å². The Hall–Kier alpha value is -2.09. The molecule has 0 saturated heterocycles. The average Bonchev–Trinajstić information content (AvgIpc) is 2.87. The highest BCUT2D eigenvalue weighted by molar-refractivity contribution is 7.13. The lowest BCUT2D eigenvalue weighted by molar-refractivity contribution is -0.140. The van der Waals surface area contributed by atoms with E-state index in [0.717, 1.165) is 22.3 Å². The van der Waals surface area contributed by atoms with Crippen molar-refractivity contribution < 1.29 is 18.0 Å². The first kappa shape index (κ1) is 15.3. The molecule has 0 bridgehead atoms. The van der Waals surface area contributed by atoms with Crippen LogP contribution in [0.4, 0.5) is 24.0 Å². The van der Waals surface area contributed by atoms with E-state index in [1.807, 2.05) is 0 Å². The zero-order chi connectivity index (χ0) is 15.6. The van der Waals surface area contributed by atoms with Crippen molar-refractivity contribution in [1.29, 1.82) is 0 Å². The molecule has 0 aliphatic carbocycles. The summed E-state index contributed by atoms with van der Waals surface area (Å²) in [6.07, 6.45) is -4.45. The number of carbonyl (C=O) groups is 1. The van der Waals surface area contributed by atoms with Crippen LogP contribution in [0, 0.1) is 0 Å². The zero-order valence-electron chi connectivity index (χ0n) is 10.9. The fourth-order valence-corrected chi connectivity index (χ4v) is 2.34. The van der Waals surface area contributed by atoms with Gasteiger partial charge in [0.15, 0.2) is 10.8 Å². The summed E-state index contributed by atoms with van der Waals surface area (Å²) in [5.74, 6) is -0.860. The average molecular weight is 315 g/mol. The monoisotopic (exact) mass is 315 g/mol. The van der Waals surface area contributed by atoms with E-state index >= 15 is 0 Å². The Labute approximate surface area is 122 Å². The molecule has 0 aliphatic rings. The van der Waals surface area contributed by atoms with Gasteiger partial charge in [-0.15, -0.1) is 11.3 Å². The second-order valence-corrected chi connectivity index (χ2v) is 5.26. The molecule has 4 nitrogen and oxygen atoms in total. The Morgan fingerprint density at radius 3 is 2.43 bits per heavy atom. The van der Waals surface area contributed by atoms with Crippen molar-refractivity contribution in [1.82, 2.24) is 4.98 Å². The van der Waals surface area contributed by atoms with Crippen LogP contribution in [0.25, 0.3) is 0 Å². The number of alkyl halides is 3.